The molecule has 0 unspecified atom stereocenters. The predicted octanol–water partition coefficient (Wildman–Crippen LogP) is 2.37. The molecule has 1 saturated heterocycles. The van der Waals surface area contributed by atoms with Crippen LogP contribution in [0.1, 0.15) is 80.5 Å². The summed E-state index contributed by atoms with van der Waals surface area (Å²) in [5, 5.41) is 14.9. The third kappa shape index (κ3) is 4.43. The summed E-state index contributed by atoms with van der Waals surface area (Å²) in [6, 6.07) is 0.336. The fraction of sp³-hybridized carbons (Fsp3) is 0.842. The fourth-order valence-corrected chi connectivity index (χ4v) is 4.16. The van der Waals surface area contributed by atoms with Crippen molar-refractivity contribution in [1.82, 2.24) is 25.6 Å². The minimum atomic E-state index is -0.205. The smallest absolute Gasteiger partial charge is 0.273 e. The molecular weight excluding hydrogens is 330 g/mol. The lowest BCUT2D eigenvalue weighted by molar-refractivity contribution is -0.0669. The van der Waals surface area contributed by atoms with Gasteiger partial charge in [-0.25, -0.2) is 4.68 Å². The summed E-state index contributed by atoms with van der Waals surface area (Å²) in [6.45, 7) is 7.36. The molecule has 2 aliphatic rings. The molecule has 26 heavy (non-hydrogen) atoms. The molecule has 1 aliphatic heterocycles. The first-order valence-corrected chi connectivity index (χ1v) is 10.2. The number of piperidine rings is 1. The van der Waals surface area contributed by atoms with Gasteiger partial charge in [-0.1, -0.05) is 31.4 Å². The van der Waals surface area contributed by atoms with Crippen molar-refractivity contribution >= 4 is 5.91 Å². The summed E-state index contributed by atoms with van der Waals surface area (Å²) >= 11 is 0. The average molecular weight is 364 g/mol. The average Bonchev–Trinajstić information content (AvgIpc) is 3.07. The molecule has 146 valence electrons. The summed E-state index contributed by atoms with van der Waals surface area (Å²) in [5.41, 5.74) is 1.11. The second-order valence-electron chi connectivity index (χ2n) is 7.72. The van der Waals surface area contributed by atoms with Crippen LogP contribution in [0.25, 0.3) is 0 Å². The Morgan fingerprint density at radius 1 is 1.31 bits per heavy atom. The number of ether oxygens (including phenoxy) is 1. The normalized spacial score (nSPS) is 20.8. The molecule has 1 amide bonds. The second-order valence-corrected chi connectivity index (χ2v) is 7.72. The highest BCUT2D eigenvalue weighted by Crippen LogP contribution is 2.31. The predicted molar refractivity (Wildman–Crippen MR) is 100 cm³/mol. The van der Waals surface area contributed by atoms with Crippen molar-refractivity contribution in [3.05, 3.63) is 11.4 Å². The van der Waals surface area contributed by atoms with E-state index >= 15 is 0 Å². The molecule has 7 nitrogen and oxygen atoms in total. The van der Waals surface area contributed by atoms with E-state index in [9.17, 15) is 4.79 Å². The van der Waals surface area contributed by atoms with E-state index in [0.29, 0.717) is 18.3 Å². The summed E-state index contributed by atoms with van der Waals surface area (Å²) in [6.07, 6.45) is 8.70. The first-order valence-electron chi connectivity index (χ1n) is 10.2. The number of nitrogens with zero attached hydrogens (tertiary/aromatic N) is 3. The van der Waals surface area contributed by atoms with Crippen LogP contribution >= 0.6 is 0 Å². The molecule has 7 heteroatoms. The molecule has 0 atom stereocenters. The summed E-state index contributed by atoms with van der Waals surface area (Å²) in [7, 11) is 0. The largest absolute Gasteiger partial charge is 0.373 e. The van der Waals surface area contributed by atoms with Gasteiger partial charge in [-0.15, -0.1) is 5.10 Å². The molecule has 2 heterocycles. The summed E-state index contributed by atoms with van der Waals surface area (Å²) in [4.78, 5) is 12.7. The molecule has 1 aromatic rings. The highest BCUT2D eigenvalue weighted by Gasteiger charge is 2.34. The number of carbonyl (C=O) groups is 1. The maximum atomic E-state index is 12.7. The Balaban J connectivity index is 1.62. The van der Waals surface area contributed by atoms with Gasteiger partial charge in [-0.3, -0.25) is 4.79 Å². The van der Waals surface area contributed by atoms with Gasteiger partial charge in [0.05, 0.1) is 17.3 Å². The van der Waals surface area contributed by atoms with Crippen molar-refractivity contribution < 1.29 is 9.53 Å². The van der Waals surface area contributed by atoms with Gasteiger partial charge in [-0.2, -0.15) is 0 Å². The van der Waals surface area contributed by atoms with Crippen LogP contribution in [0.5, 0.6) is 0 Å². The molecule has 2 fully saturated rings. The Morgan fingerprint density at radius 3 is 2.73 bits per heavy atom. The van der Waals surface area contributed by atoms with Crippen molar-refractivity contribution in [2.24, 2.45) is 0 Å². The molecule has 0 aromatic carbocycles. The van der Waals surface area contributed by atoms with Crippen LogP contribution < -0.4 is 10.6 Å². The van der Waals surface area contributed by atoms with Crippen LogP contribution in [-0.4, -0.2) is 52.7 Å². The monoisotopic (exact) mass is 363 g/mol. The van der Waals surface area contributed by atoms with E-state index in [1.807, 2.05) is 11.6 Å². The molecule has 3 rings (SSSR count). The number of rotatable bonds is 7. The minimum Gasteiger partial charge on any atom is -0.373 e. The van der Waals surface area contributed by atoms with Crippen LogP contribution in [0.3, 0.4) is 0 Å². The zero-order valence-electron chi connectivity index (χ0n) is 16.2. The number of amides is 1. The van der Waals surface area contributed by atoms with Gasteiger partial charge in [0.1, 0.15) is 0 Å². The molecule has 2 N–H and O–H groups in total. The van der Waals surface area contributed by atoms with Gasteiger partial charge in [0.25, 0.3) is 5.91 Å². The molecule has 1 aliphatic carbocycles. The number of carbonyl (C=O) groups excluding carboxylic acids is 1. The number of hydrogen-bond acceptors (Lipinski definition) is 5. The number of hydrogen-bond donors (Lipinski definition) is 2. The van der Waals surface area contributed by atoms with E-state index in [1.165, 1.54) is 19.3 Å². The van der Waals surface area contributed by atoms with Crippen molar-refractivity contribution in [2.45, 2.75) is 76.9 Å². The van der Waals surface area contributed by atoms with Gasteiger partial charge in [0.2, 0.25) is 0 Å². The topological polar surface area (TPSA) is 81.1 Å². The van der Waals surface area contributed by atoms with Crippen molar-refractivity contribution in [2.75, 3.05) is 26.2 Å². The summed E-state index contributed by atoms with van der Waals surface area (Å²) < 4.78 is 8.10. The van der Waals surface area contributed by atoms with E-state index in [4.69, 9.17) is 4.74 Å². The Bertz CT molecular complexity index is 589. The maximum Gasteiger partial charge on any atom is 0.273 e. The van der Waals surface area contributed by atoms with Gasteiger partial charge >= 0.3 is 0 Å². The Morgan fingerprint density at radius 2 is 2.04 bits per heavy atom. The minimum absolute atomic E-state index is 0.132. The lowest BCUT2D eigenvalue weighted by Gasteiger charge is -2.37. The SMILES string of the molecule is CCCOC1(CNC(=O)c2nnn(C3CCNCC3)c2C)CCCCC1. The standard InChI is InChI=1S/C19H33N5O2/c1-3-13-26-19(9-5-4-6-10-19)14-21-18(25)17-15(2)24(23-22-17)16-7-11-20-12-8-16/h16,20H,3-14H2,1-2H3,(H,21,25). The fourth-order valence-electron chi connectivity index (χ4n) is 4.16. The first kappa shape index (κ1) is 19.3. The van der Waals surface area contributed by atoms with Crippen LogP contribution in [0.15, 0.2) is 0 Å². The van der Waals surface area contributed by atoms with Gasteiger partial charge in [-0.05, 0) is 52.1 Å². The van der Waals surface area contributed by atoms with Crippen molar-refractivity contribution in [3.8, 4) is 0 Å². The molecule has 1 aromatic heterocycles. The number of aromatic nitrogens is 3. The highest BCUT2D eigenvalue weighted by atomic mass is 16.5. The number of nitrogens with one attached hydrogen (secondary N) is 2. The molecule has 1 saturated carbocycles. The molecule has 0 radical (unpaired) electrons. The quantitative estimate of drug-likeness (QED) is 0.777. The zero-order valence-corrected chi connectivity index (χ0v) is 16.2. The van der Waals surface area contributed by atoms with Crippen LogP contribution in [0, 0.1) is 6.92 Å². The van der Waals surface area contributed by atoms with Crippen LogP contribution in [0.2, 0.25) is 0 Å². The van der Waals surface area contributed by atoms with Crippen molar-refractivity contribution in [3.63, 3.8) is 0 Å². The van der Waals surface area contributed by atoms with Gasteiger partial charge in [0, 0.05) is 13.2 Å². The highest BCUT2D eigenvalue weighted by molar-refractivity contribution is 5.93. The van der Waals surface area contributed by atoms with E-state index in [1.54, 1.807) is 0 Å². The Labute approximate surface area is 156 Å². The van der Waals surface area contributed by atoms with E-state index in [-0.39, 0.29) is 11.5 Å². The van der Waals surface area contributed by atoms with E-state index < -0.39 is 0 Å². The lowest BCUT2D eigenvalue weighted by Crippen LogP contribution is -2.46. The maximum absolute atomic E-state index is 12.7. The van der Waals surface area contributed by atoms with Crippen molar-refractivity contribution in [1.29, 1.82) is 0 Å². The molecule has 0 spiro atoms. The first-order chi connectivity index (χ1) is 12.7. The zero-order chi connectivity index (χ0) is 18.4. The van der Waals surface area contributed by atoms with Gasteiger partial charge < -0.3 is 15.4 Å². The van der Waals surface area contributed by atoms with Gasteiger partial charge in [0.15, 0.2) is 5.69 Å². The van der Waals surface area contributed by atoms with E-state index in [2.05, 4.69) is 27.9 Å². The lowest BCUT2D eigenvalue weighted by atomic mass is 9.84. The second kappa shape index (κ2) is 8.95. The molecular formula is C19H33N5O2. The summed E-state index contributed by atoms with van der Waals surface area (Å²) in [5.74, 6) is -0.132. The third-order valence-corrected chi connectivity index (χ3v) is 5.75. The molecule has 0 bridgehead atoms. The Kier molecular flexibility index (Phi) is 6.64. The third-order valence-electron chi connectivity index (χ3n) is 5.75. The van der Waals surface area contributed by atoms with Crippen LogP contribution in [0.4, 0.5) is 0 Å². The van der Waals surface area contributed by atoms with Crippen LogP contribution in [-0.2, 0) is 4.74 Å². The van der Waals surface area contributed by atoms with E-state index in [0.717, 1.165) is 57.5 Å². The Hall–Kier alpha value is -1.47.